The number of ketones is 1. The lowest BCUT2D eigenvalue weighted by molar-refractivity contribution is -0.112. The van der Waals surface area contributed by atoms with Gasteiger partial charge in [-0.1, -0.05) is 12.1 Å². The van der Waals surface area contributed by atoms with Crippen LogP contribution in [0.2, 0.25) is 0 Å². The molecule has 6 nitrogen and oxygen atoms in total. The number of rotatable bonds is 6. The fraction of sp³-hybridized carbons (Fsp3) is 0.320. The molecule has 3 N–H and O–H groups in total. The molecule has 0 amide bonds. The standard InChI is InChI=1S/C25H31N3O3/c1-27(2)15-21-11-17(5-7-23(21)29)9-19-13-26-14-20(25(19)31)10-18-6-8-24(30)22(12-18)16-28(3)4/h5-12,26,29-30H,13-16H2,1-4H3. The zero-order valence-electron chi connectivity index (χ0n) is 18.6. The third-order valence-electron chi connectivity index (χ3n) is 5.08. The van der Waals surface area contributed by atoms with Crippen LogP contribution in [0.25, 0.3) is 12.2 Å². The highest BCUT2D eigenvalue weighted by Crippen LogP contribution is 2.25. The molecule has 0 spiro atoms. The van der Waals surface area contributed by atoms with Gasteiger partial charge in [0.25, 0.3) is 0 Å². The number of benzene rings is 2. The van der Waals surface area contributed by atoms with Crippen molar-refractivity contribution >= 4 is 17.9 Å². The molecule has 0 aromatic heterocycles. The van der Waals surface area contributed by atoms with Gasteiger partial charge in [0.05, 0.1) is 0 Å². The molecular weight excluding hydrogens is 390 g/mol. The Labute approximate surface area is 184 Å². The fourth-order valence-corrected chi connectivity index (χ4v) is 3.66. The maximum Gasteiger partial charge on any atom is 0.187 e. The minimum Gasteiger partial charge on any atom is -0.508 e. The highest BCUT2D eigenvalue weighted by Gasteiger charge is 2.20. The normalized spacial score (nSPS) is 17.3. The van der Waals surface area contributed by atoms with E-state index in [1.54, 1.807) is 12.1 Å². The molecule has 0 radical (unpaired) electrons. The Morgan fingerprint density at radius 3 is 1.61 bits per heavy atom. The van der Waals surface area contributed by atoms with E-state index in [0.717, 1.165) is 22.3 Å². The van der Waals surface area contributed by atoms with Crippen LogP contribution >= 0.6 is 0 Å². The maximum absolute atomic E-state index is 13.1. The van der Waals surface area contributed by atoms with Crippen LogP contribution in [-0.2, 0) is 17.9 Å². The molecular formula is C25H31N3O3. The monoisotopic (exact) mass is 421 g/mol. The van der Waals surface area contributed by atoms with Gasteiger partial charge in [-0.05, 0) is 75.7 Å². The highest BCUT2D eigenvalue weighted by atomic mass is 16.3. The Morgan fingerprint density at radius 1 is 0.806 bits per heavy atom. The van der Waals surface area contributed by atoms with Gasteiger partial charge in [0.2, 0.25) is 0 Å². The number of aromatic hydroxyl groups is 2. The number of hydrogen-bond donors (Lipinski definition) is 3. The van der Waals surface area contributed by atoms with Crippen LogP contribution in [0.15, 0.2) is 47.5 Å². The van der Waals surface area contributed by atoms with E-state index in [1.165, 1.54) is 0 Å². The minimum atomic E-state index is 0.0169. The fourth-order valence-electron chi connectivity index (χ4n) is 3.66. The second kappa shape index (κ2) is 9.92. The molecule has 164 valence electrons. The summed E-state index contributed by atoms with van der Waals surface area (Å²) in [6, 6.07) is 10.8. The maximum atomic E-state index is 13.1. The van der Waals surface area contributed by atoms with Crippen LogP contribution in [0, 0.1) is 0 Å². The summed E-state index contributed by atoms with van der Waals surface area (Å²) in [5.41, 5.74) is 4.79. The second-order valence-electron chi connectivity index (χ2n) is 8.52. The van der Waals surface area contributed by atoms with E-state index in [1.807, 2.05) is 74.4 Å². The first kappa shape index (κ1) is 22.7. The Balaban J connectivity index is 1.86. The van der Waals surface area contributed by atoms with Crippen LogP contribution in [-0.4, -0.2) is 67.1 Å². The first-order valence-corrected chi connectivity index (χ1v) is 10.3. The Hall–Kier alpha value is -2.93. The highest BCUT2D eigenvalue weighted by molar-refractivity contribution is 6.14. The van der Waals surface area contributed by atoms with Crippen LogP contribution in [0.1, 0.15) is 22.3 Å². The van der Waals surface area contributed by atoms with Gasteiger partial charge in [-0.15, -0.1) is 0 Å². The van der Waals surface area contributed by atoms with Crippen molar-refractivity contribution in [3.8, 4) is 11.5 Å². The van der Waals surface area contributed by atoms with Gasteiger partial charge >= 0.3 is 0 Å². The van der Waals surface area contributed by atoms with Crippen LogP contribution in [0.3, 0.4) is 0 Å². The van der Waals surface area contributed by atoms with Crippen LogP contribution in [0.4, 0.5) is 0 Å². The average molecular weight is 422 g/mol. The van der Waals surface area contributed by atoms with E-state index in [0.29, 0.717) is 37.3 Å². The van der Waals surface area contributed by atoms with Gasteiger partial charge in [-0.2, -0.15) is 0 Å². The molecule has 0 atom stereocenters. The van der Waals surface area contributed by atoms with Gasteiger partial charge in [0.1, 0.15) is 11.5 Å². The molecule has 0 bridgehead atoms. The lowest BCUT2D eigenvalue weighted by atomic mass is 9.95. The van der Waals surface area contributed by atoms with E-state index >= 15 is 0 Å². The average Bonchev–Trinajstić information content (AvgIpc) is 2.69. The van der Waals surface area contributed by atoms with Crippen molar-refractivity contribution in [2.24, 2.45) is 0 Å². The van der Waals surface area contributed by atoms with Gasteiger partial charge < -0.3 is 25.3 Å². The van der Waals surface area contributed by atoms with E-state index in [-0.39, 0.29) is 17.3 Å². The smallest absolute Gasteiger partial charge is 0.187 e. The Kier molecular flexibility index (Phi) is 7.28. The van der Waals surface area contributed by atoms with Gasteiger partial charge in [-0.3, -0.25) is 4.79 Å². The molecule has 0 aliphatic carbocycles. The molecule has 1 heterocycles. The van der Waals surface area contributed by atoms with Gasteiger partial charge in [-0.25, -0.2) is 0 Å². The number of piperidine rings is 1. The van der Waals surface area contributed by atoms with Crippen molar-refractivity contribution in [1.29, 1.82) is 0 Å². The third-order valence-corrected chi connectivity index (χ3v) is 5.08. The van der Waals surface area contributed by atoms with Gasteiger partial charge in [0, 0.05) is 48.5 Å². The number of nitrogens with zero attached hydrogens (tertiary/aromatic N) is 2. The first-order valence-electron chi connectivity index (χ1n) is 10.3. The minimum absolute atomic E-state index is 0.0169. The lowest BCUT2D eigenvalue weighted by Crippen LogP contribution is -2.32. The van der Waals surface area contributed by atoms with E-state index < -0.39 is 0 Å². The summed E-state index contributed by atoms with van der Waals surface area (Å²) in [6.45, 7) is 2.25. The summed E-state index contributed by atoms with van der Waals surface area (Å²) in [5, 5.41) is 23.5. The number of phenols is 2. The summed E-state index contributed by atoms with van der Waals surface area (Å²) in [4.78, 5) is 17.1. The number of Topliss-reactive ketones (excluding diaryl/α,β-unsaturated/α-hetero) is 1. The predicted molar refractivity (Wildman–Crippen MR) is 125 cm³/mol. The zero-order chi connectivity index (χ0) is 22.5. The second-order valence-corrected chi connectivity index (χ2v) is 8.52. The molecule has 2 aromatic rings. The molecule has 2 aromatic carbocycles. The molecule has 0 saturated carbocycles. The van der Waals surface area contributed by atoms with E-state index in [4.69, 9.17) is 0 Å². The molecule has 3 rings (SSSR count). The predicted octanol–water partition coefficient (Wildman–Crippen LogP) is 2.86. The van der Waals surface area contributed by atoms with Crippen LogP contribution in [0.5, 0.6) is 11.5 Å². The number of carbonyl (C=O) groups excluding carboxylic acids is 1. The molecule has 1 aliphatic heterocycles. The van der Waals surface area contributed by atoms with Crippen LogP contribution < -0.4 is 5.32 Å². The van der Waals surface area contributed by atoms with Gasteiger partial charge in [0.15, 0.2) is 5.78 Å². The summed E-state index contributed by atoms with van der Waals surface area (Å²) in [6.07, 6.45) is 3.77. The Morgan fingerprint density at radius 2 is 1.23 bits per heavy atom. The number of hydrogen-bond acceptors (Lipinski definition) is 6. The largest absolute Gasteiger partial charge is 0.508 e. The number of phenolic OH excluding ortho intramolecular Hbond substituents is 2. The molecule has 1 aliphatic rings. The summed E-state index contributed by atoms with van der Waals surface area (Å²) in [5.74, 6) is 0.527. The third kappa shape index (κ3) is 6.04. The molecule has 0 unspecified atom stereocenters. The summed E-state index contributed by atoms with van der Waals surface area (Å²) in [7, 11) is 7.79. The number of carbonyl (C=O) groups is 1. The van der Waals surface area contributed by atoms with E-state index in [2.05, 4.69) is 5.32 Å². The Bertz CT molecular complexity index is 943. The quantitative estimate of drug-likeness (QED) is 0.623. The van der Waals surface area contributed by atoms with E-state index in [9.17, 15) is 15.0 Å². The topological polar surface area (TPSA) is 76.0 Å². The molecule has 31 heavy (non-hydrogen) atoms. The van der Waals surface area contributed by atoms with Crippen molar-refractivity contribution in [3.05, 3.63) is 69.8 Å². The molecule has 1 saturated heterocycles. The SMILES string of the molecule is CN(C)Cc1cc(C=C2CNCC(=Cc3ccc(O)c(CN(C)C)c3)C2=O)ccc1O. The summed E-state index contributed by atoms with van der Waals surface area (Å²) < 4.78 is 0. The summed E-state index contributed by atoms with van der Waals surface area (Å²) >= 11 is 0. The molecule has 6 heteroatoms. The zero-order valence-corrected chi connectivity index (χ0v) is 18.6. The number of nitrogens with one attached hydrogen (secondary N) is 1. The van der Waals surface area contributed by atoms with Crippen molar-refractivity contribution in [2.75, 3.05) is 41.3 Å². The lowest BCUT2D eigenvalue weighted by Gasteiger charge is -2.19. The van der Waals surface area contributed by atoms with Crippen molar-refractivity contribution in [1.82, 2.24) is 15.1 Å². The first-order chi connectivity index (χ1) is 14.7. The molecule has 1 fully saturated rings. The van der Waals surface area contributed by atoms with Crippen molar-refractivity contribution in [3.63, 3.8) is 0 Å². The van der Waals surface area contributed by atoms with Crippen molar-refractivity contribution in [2.45, 2.75) is 13.1 Å². The van der Waals surface area contributed by atoms with Crippen molar-refractivity contribution < 1.29 is 15.0 Å².